The molecule has 0 fully saturated rings. The number of ether oxygens (including phenoxy) is 1. The van der Waals surface area contributed by atoms with Crippen LogP contribution in [0.25, 0.3) is 28.1 Å². The highest BCUT2D eigenvalue weighted by atomic mass is 16.5. The van der Waals surface area contributed by atoms with Gasteiger partial charge in [0.15, 0.2) is 11.4 Å². The van der Waals surface area contributed by atoms with Gasteiger partial charge in [0.25, 0.3) is 0 Å². The second-order valence-electron chi connectivity index (χ2n) is 6.56. The summed E-state index contributed by atoms with van der Waals surface area (Å²) in [6.45, 7) is 0.331. The third-order valence-corrected chi connectivity index (χ3v) is 4.65. The molecular formula is C22H18N4O2. The molecule has 138 valence electrons. The molecular weight excluding hydrogens is 352 g/mol. The summed E-state index contributed by atoms with van der Waals surface area (Å²) in [5, 5.41) is 5.60. The van der Waals surface area contributed by atoms with Crippen molar-refractivity contribution in [3.63, 3.8) is 0 Å². The van der Waals surface area contributed by atoms with Crippen LogP contribution in [0.4, 0.5) is 0 Å². The van der Waals surface area contributed by atoms with E-state index < -0.39 is 0 Å². The average Bonchev–Trinajstić information content (AvgIpc) is 3.36. The number of furan rings is 1. The van der Waals surface area contributed by atoms with E-state index in [1.165, 1.54) is 0 Å². The topological polar surface area (TPSA) is 78.6 Å². The molecule has 0 radical (unpaired) electrons. The molecule has 0 bridgehead atoms. The largest absolute Gasteiger partial charge is 0.475 e. The summed E-state index contributed by atoms with van der Waals surface area (Å²) in [6.07, 6.45) is 1.75. The maximum Gasteiger partial charge on any atom is 0.231 e. The zero-order valence-electron chi connectivity index (χ0n) is 15.0. The molecule has 0 spiro atoms. The number of nitrogens with zero attached hydrogens (tertiary/aromatic N) is 3. The molecule has 5 aromatic rings. The average molecular weight is 370 g/mol. The van der Waals surface area contributed by atoms with E-state index in [2.05, 4.69) is 10.1 Å². The van der Waals surface area contributed by atoms with Gasteiger partial charge >= 0.3 is 0 Å². The van der Waals surface area contributed by atoms with Gasteiger partial charge in [-0.2, -0.15) is 0 Å². The van der Waals surface area contributed by atoms with Gasteiger partial charge in [-0.05, 0) is 23.8 Å². The van der Waals surface area contributed by atoms with E-state index in [4.69, 9.17) is 14.9 Å². The second kappa shape index (κ2) is 6.83. The molecule has 5 rings (SSSR count). The first-order valence-electron chi connectivity index (χ1n) is 9.05. The predicted molar refractivity (Wildman–Crippen MR) is 107 cm³/mol. The molecule has 2 N–H and O–H groups in total. The summed E-state index contributed by atoms with van der Waals surface area (Å²) in [6, 6.07) is 23.2. The Balaban J connectivity index is 1.43. The normalized spacial score (nSPS) is 12.5. The third kappa shape index (κ3) is 3.00. The van der Waals surface area contributed by atoms with Crippen molar-refractivity contribution in [2.24, 2.45) is 5.73 Å². The number of fused-ring (bicyclic) bond motifs is 2. The molecule has 0 saturated carbocycles. The van der Waals surface area contributed by atoms with Crippen molar-refractivity contribution >= 4 is 16.6 Å². The minimum Gasteiger partial charge on any atom is -0.475 e. The van der Waals surface area contributed by atoms with Crippen molar-refractivity contribution in [3.05, 3.63) is 84.6 Å². The van der Waals surface area contributed by atoms with Crippen LogP contribution in [0.3, 0.4) is 0 Å². The van der Waals surface area contributed by atoms with E-state index in [1.54, 1.807) is 16.8 Å². The van der Waals surface area contributed by atoms with Crippen molar-refractivity contribution in [2.75, 3.05) is 6.61 Å². The van der Waals surface area contributed by atoms with Crippen LogP contribution in [-0.2, 0) is 0 Å². The zero-order valence-corrected chi connectivity index (χ0v) is 15.0. The van der Waals surface area contributed by atoms with E-state index >= 15 is 0 Å². The van der Waals surface area contributed by atoms with E-state index in [-0.39, 0.29) is 6.04 Å². The van der Waals surface area contributed by atoms with Crippen molar-refractivity contribution in [1.29, 1.82) is 0 Å². The number of nitrogens with two attached hydrogens (primary N) is 1. The number of para-hydroxylation sites is 1. The van der Waals surface area contributed by atoms with Crippen LogP contribution < -0.4 is 10.5 Å². The molecule has 1 atom stereocenters. The Morgan fingerprint density at radius 3 is 2.68 bits per heavy atom. The van der Waals surface area contributed by atoms with Crippen molar-refractivity contribution < 1.29 is 9.15 Å². The van der Waals surface area contributed by atoms with Crippen LogP contribution in [0.15, 0.2) is 83.4 Å². The molecule has 0 amide bonds. The summed E-state index contributed by atoms with van der Waals surface area (Å²) in [5.41, 5.74) is 9.55. The molecule has 6 heteroatoms. The summed E-state index contributed by atoms with van der Waals surface area (Å²) >= 11 is 0. The molecule has 1 unspecified atom stereocenters. The highest BCUT2D eigenvalue weighted by Gasteiger charge is 2.14. The van der Waals surface area contributed by atoms with Crippen LogP contribution in [-0.4, -0.2) is 21.2 Å². The summed E-state index contributed by atoms with van der Waals surface area (Å²) in [7, 11) is 0. The van der Waals surface area contributed by atoms with E-state index in [9.17, 15) is 0 Å². The molecule has 28 heavy (non-hydrogen) atoms. The standard InChI is InChI=1S/C22H18N4O2/c23-17(15-6-2-1-3-7-15)14-27-22-11-10-21-24-13-18(26(21)25-22)20-12-16-8-4-5-9-19(16)28-20/h1-13,17H,14,23H2. The highest BCUT2D eigenvalue weighted by molar-refractivity contribution is 5.82. The quantitative estimate of drug-likeness (QED) is 0.501. The summed E-state index contributed by atoms with van der Waals surface area (Å²) in [5.74, 6) is 1.19. The van der Waals surface area contributed by atoms with Gasteiger partial charge in [-0.25, -0.2) is 9.50 Å². The Labute approximate surface area is 161 Å². The van der Waals surface area contributed by atoms with Crippen LogP contribution >= 0.6 is 0 Å². The van der Waals surface area contributed by atoms with Crippen LogP contribution in [0.2, 0.25) is 0 Å². The Morgan fingerprint density at radius 1 is 1.00 bits per heavy atom. The van der Waals surface area contributed by atoms with Crippen LogP contribution in [0, 0.1) is 0 Å². The van der Waals surface area contributed by atoms with E-state index in [1.807, 2.05) is 66.7 Å². The molecule has 0 aliphatic heterocycles. The fraction of sp³-hybridized carbons (Fsp3) is 0.0909. The van der Waals surface area contributed by atoms with Gasteiger partial charge in [0.05, 0.1) is 12.2 Å². The Morgan fingerprint density at radius 2 is 1.82 bits per heavy atom. The molecule has 0 aliphatic carbocycles. The number of aromatic nitrogens is 3. The van der Waals surface area contributed by atoms with Gasteiger partial charge in [-0.3, -0.25) is 0 Å². The molecule has 0 saturated heterocycles. The first kappa shape index (κ1) is 16.5. The Kier molecular flexibility index (Phi) is 4.03. The first-order valence-corrected chi connectivity index (χ1v) is 9.05. The lowest BCUT2D eigenvalue weighted by Crippen LogP contribution is -2.19. The molecule has 3 heterocycles. The van der Waals surface area contributed by atoms with E-state index in [0.29, 0.717) is 18.2 Å². The molecule has 6 nitrogen and oxygen atoms in total. The maximum absolute atomic E-state index is 6.21. The number of imidazole rings is 1. The van der Waals surface area contributed by atoms with Crippen molar-refractivity contribution in [1.82, 2.24) is 14.6 Å². The lowest BCUT2D eigenvalue weighted by Gasteiger charge is -2.13. The van der Waals surface area contributed by atoms with Crippen molar-refractivity contribution in [2.45, 2.75) is 6.04 Å². The monoisotopic (exact) mass is 370 g/mol. The van der Waals surface area contributed by atoms with Gasteiger partial charge in [0, 0.05) is 11.5 Å². The predicted octanol–water partition coefficient (Wildman–Crippen LogP) is 4.22. The van der Waals surface area contributed by atoms with E-state index in [0.717, 1.165) is 27.9 Å². The summed E-state index contributed by atoms with van der Waals surface area (Å²) in [4.78, 5) is 4.41. The van der Waals surface area contributed by atoms with Gasteiger partial charge < -0.3 is 14.9 Å². The maximum atomic E-state index is 6.21. The van der Waals surface area contributed by atoms with Crippen LogP contribution in [0.1, 0.15) is 11.6 Å². The van der Waals surface area contributed by atoms with Crippen LogP contribution in [0.5, 0.6) is 5.88 Å². The lowest BCUT2D eigenvalue weighted by molar-refractivity contribution is 0.276. The minimum atomic E-state index is -0.226. The van der Waals surface area contributed by atoms with Gasteiger partial charge in [-0.15, -0.1) is 5.10 Å². The SMILES string of the molecule is NC(COc1ccc2ncc(-c3cc4ccccc4o3)n2n1)c1ccccc1. The Bertz CT molecular complexity index is 1210. The highest BCUT2D eigenvalue weighted by Crippen LogP contribution is 2.28. The first-order chi connectivity index (χ1) is 13.8. The number of hydrogen-bond acceptors (Lipinski definition) is 5. The minimum absolute atomic E-state index is 0.226. The molecule has 3 aromatic heterocycles. The number of hydrogen-bond donors (Lipinski definition) is 1. The van der Waals surface area contributed by atoms with Gasteiger partial charge in [-0.1, -0.05) is 48.5 Å². The zero-order chi connectivity index (χ0) is 18.9. The van der Waals surface area contributed by atoms with Gasteiger partial charge in [0.1, 0.15) is 17.9 Å². The third-order valence-electron chi connectivity index (χ3n) is 4.65. The van der Waals surface area contributed by atoms with Crippen molar-refractivity contribution in [3.8, 4) is 17.3 Å². The second-order valence-corrected chi connectivity index (χ2v) is 6.56. The molecule has 0 aliphatic rings. The molecule has 2 aromatic carbocycles. The smallest absolute Gasteiger partial charge is 0.231 e. The Hall–Kier alpha value is -3.64. The summed E-state index contributed by atoms with van der Waals surface area (Å²) < 4.78 is 13.5. The fourth-order valence-corrected chi connectivity index (χ4v) is 3.18. The number of benzene rings is 2. The lowest BCUT2D eigenvalue weighted by atomic mass is 10.1. The van der Waals surface area contributed by atoms with Gasteiger partial charge in [0.2, 0.25) is 5.88 Å². The number of rotatable bonds is 5. The fourth-order valence-electron chi connectivity index (χ4n) is 3.18.